The normalized spacial score (nSPS) is 10.7. The smallest absolute Gasteiger partial charge is 0.328 e. The van der Waals surface area contributed by atoms with E-state index in [1.165, 1.54) is 16.7 Å². The third kappa shape index (κ3) is 3.65. The van der Waals surface area contributed by atoms with Gasteiger partial charge in [-0.1, -0.05) is 24.3 Å². The van der Waals surface area contributed by atoms with Gasteiger partial charge in [-0.15, -0.1) is 0 Å². The van der Waals surface area contributed by atoms with Gasteiger partial charge < -0.3 is 25.5 Å². The summed E-state index contributed by atoms with van der Waals surface area (Å²) in [4.78, 5) is 34.9. The first-order valence-corrected chi connectivity index (χ1v) is 8.90. The number of hydrogen-bond acceptors (Lipinski definition) is 7. The molecule has 0 saturated carbocycles. The maximum atomic E-state index is 12.6. The lowest BCUT2D eigenvalue weighted by Gasteiger charge is -2.10. The summed E-state index contributed by atoms with van der Waals surface area (Å²) in [5.74, 6) is 0.910. The van der Waals surface area contributed by atoms with Gasteiger partial charge in [0.2, 0.25) is 5.95 Å². The summed E-state index contributed by atoms with van der Waals surface area (Å²) >= 11 is 0. The van der Waals surface area contributed by atoms with Crippen molar-refractivity contribution in [3.63, 3.8) is 0 Å². The lowest BCUT2D eigenvalue weighted by molar-refractivity contribution is 0.408. The zero-order valence-corrected chi connectivity index (χ0v) is 15.8. The monoisotopic (exact) mass is 405 g/mol. The zero-order chi connectivity index (χ0) is 21.1. The Morgan fingerprint density at radius 3 is 2.80 bits per heavy atom. The molecule has 0 atom stereocenters. The number of hydrogen-bond donors (Lipinski definition) is 4. The number of benzene rings is 2. The number of aromatic amines is 1. The number of phenols is 1. The molecule has 2 aromatic carbocycles. The summed E-state index contributed by atoms with van der Waals surface area (Å²) < 4.78 is 6.78. The minimum Gasteiger partial charge on any atom is -0.508 e. The van der Waals surface area contributed by atoms with Crippen molar-refractivity contribution in [1.29, 1.82) is 0 Å². The molecule has 30 heavy (non-hydrogen) atoms. The van der Waals surface area contributed by atoms with Gasteiger partial charge in [-0.2, -0.15) is 9.97 Å². The van der Waals surface area contributed by atoms with Crippen LogP contribution in [0.3, 0.4) is 0 Å². The van der Waals surface area contributed by atoms with E-state index < -0.39 is 5.69 Å². The van der Waals surface area contributed by atoms with E-state index in [1.807, 2.05) is 18.2 Å². The van der Waals surface area contributed by atoms with E-state index in [0.29, 0.717) is 11.4 Å². The standard InChI is InChI=1S/C20H17N6O4/c1-30-15-8-3-2-5-12(15)10-26-18-16(23-20(26)29)17(21-11-27)24-19(25-18)22-13-6-4-7-14(28)9-13/h2-9,28H,10H2,1H3,(H,23,29)(H2,21,22,24,25,27). The van der Waals surface area contributed by atoms with Gasteiger partial charge in [-0.05, 0) is 18.2 Å². The number of methoxy groups -OCH3 is 1. The van der Waals surface area contributed by atoms with Crippen LogP contribution in [0.1, 0.15) is 5.56 Å². The third-order valence-electron chi connectivity index (χ3n) is 4.42. The minimum atomic E-state index is -0.423. The largest absolute Gasteiger partial charge is 0.508 e. The van der Waals surface area contributed by atoms with Crippen LogP contribution < -0.4 is 21.1 Å². The highest BCUT2D eigenvalue weighted by Gasteiger charge is 2.17. The van der Waals surface area contributed by atoms with E-state index in [0.717, 1.165) is 5.56 Å². The molecule has 2 heterocycles. The Labute approximate surface area is 170 Å². The highest BCUT2D eigenvalue weighted by molar-refractivity contribution is 5.90. The van der Waals surface area contributed by atoms with Gasteiger partial charge in [0.25, 0.3) is 0 Å². The molecule has 0 saturated heterocycles. The van der Waals surface area contributed by atoms with Gasteiger partial charge >= 0.3 is 12.1 Å². The molecule has 10 heteroatoms. The maximum Gasteiger partial charge on any atom is 0.328 e. The van der Waals surface area contributed by atoms with Crippen LogP contribution in [0.4, 0.5) is 17.5 Å². The molecule has 0 aliphatic heterocycles. The number of phenolic OH excluding ortho intramolecular Hbond substituents is 1. The molecule has 10 nitrogen and oxygen atoms in total. The fraction of sp³-hybridized carbons (Fsp3) is 0.100. The van der Waals surface area contributed by atoms with E-state index in [1.54, 1.807) is 31.7 Å². The molecule has 0 aliphatic carbocycles. The van der Waals surface area contributed by atoms with Crippen LogP contribution in [0.5, 0.6) is 11.5 Å². The van der Waals surface area contributed by atoms with E-state index >= 15 is 0 Å². The Hall–Kier alpha value is -4.34. The number of amides is 1. The Bertz CT molecular complexity index is 1280. The van der Waals surface area contributed by atoms with E-state index in [9.17, 15) is 14.7 Å². The van der Waals surface area contributed by atoms with Crippen LogP contribution >= 0.6 is 0 Å². The number of nitrogens with one attached hydrogen (secondary N) is 3. The average Bonchev–Trinajstić information content (AvgIpc) is 3.04. The number of nitrogens with zero attached hydrogens (tertiary/aromatic N) is 3. The Morgan fingerprint density at radius 2 is 2.03 bits per heavy atom. The first kappa shape index (κ1) is 19.0. The molecule has 1 amide bonds. The van der Waals surface area contributed by atoms with Gasteiger partial charge in [0, 0.05) is 17.3 Å². The van der Waals surface area contributed by atoms with Crippen LogP contribution in [0, 0.1) is 0 Å². The van der Waals surface area contributed by atoms with Crippen LogP contribution in [-0.4, -0.2) is 38.1 Å². The SMILES string of the molecule is COc1ccccc1Cn1c(=O)[nH]c2c(N[C]=O)nc(Nc3cccc(O)c3)nc21. The van der Waals surface area contributed by atoms with Crippen molar-refractivity contribution in [2.45, 2.75) is 6.54 Å². The van der Waals surface area contributed by atoms with Gasteiger partial charge in [-0.25, -0.2) is 4.79 Å². The van der Waals surface area contributed by atoms with E-state index in [-0.39, 0.29) is 35.2 Å². The van der Waals surface area contributed by atoms with E-state index in [2.05, 4.69) is 25.6 Å². The molecule has 0 spiro atoms. The van der Waals surface area contributed by atoms with Crippen LogP contribution in [0.25, 0.3) is 11.2 Å². The van der Waals surface area contributed by atoms with Gasteiger partial charge in [0.05, 0.1) is 13.7 Å². The number of aromatic nitrogens is 4. The first-order valence-electron chi connectivity index (χ1n) is 8.90. The predicted octanol–water partition coefficient (Wildman–Crippen LogP) is 2.10. The fourth-order valence-electron chi connectivity index (χ4n) is 3.09. The molecule has 4 rings (SSSR count). The van der Waals surface area contributed by atoms with Gasteiger partial charge in [-0.3, -0.25) is 9.36 Å². The predicted molar refractivity (Wildman–Crippen MR) is 111 cm³/mol. The zero-order valence-electron chi connectivity index (χ0n) is 15.8. The summed E-state index contributed by atoms with van der Waals surface area (Å²) in [7, 11) is 1.55. The maximum absolute atomic E-state index is 12.6. The Balaban J connectivity index is 1.82. The molecular formula is C20H17N6O4. The minimum absolute atomic E-state index is 0.0652. The molecule has 0 fully saturated rings. The summed E-state index contributed by atoms with van der Waals surface area (Å²) in [6.45, 7) is 0.190. The van der Waals surface area contributed by atoms with Crippen molar-refractivity contribution < 1.29 is 14.6 Å². The summed E-state index contributed by atoms with van der Waals surface area (Å²) in [6, 6.07) is 13.7. The molecule has 1 radical (unpaired) electrons. The number of H-pyrrole nitrogens is 1. The van der Waals surface area contributed by atoms with Crippen molar-refractivity contribution >= 4 is 35.0 Å². The number of anilines is 3. The summed E-state index contributed by atoms with van der Waals surface area (Å²) in [5.41, 5.74) is 1.43. The molecule has 4 aromatic rings. The molecule has 151 valence electrons. The first-order chi connectivity index (χ1) is 14.6. The van der Waals surface area contributed by atoms with Crippen molar-refractivity contribution in [2.24, 2.45) is 0 Å². The molecule has 0 aliphatic rings. The lowest BCUT2D eigenvalue weighted by Crippen LogP contribution is -2.18. The number of carbonyl (C=O) groups excluding carboxylic acids is 1. The number of rotatable bonds is 7. The second kappa shape index (κ2) is 7.95. The molecular weight excluding hydrogens is 388 g/mol. The highest BCUT2D eigenvalue weighted by atomic mass is 16.5. The van der Waals surface area contributed by atoms with Gasteiger partial charge in [0.1, 0.15) is 17.0 Å². The molecule has 4 N–H and O–H groups in total. The van der Waals surface area contributed by atoms with Crippen LogP contribution in [0.2, 0.25) is 0 Å². The molecule has 2 aromatic heterocycles. The lowest BCUT2D eigenvalue weighted by atomic mass is 10.2. The molecule has 0 bridgehead atoms. The van der Waals surface area contributed by atoms with Gasteiger partial charge in [0.15, 0.2) is 11.5 Å². The van der Waals surface area contributed by atoms with Crippen LogP contribution in [0.15, 0.2) is 53.3 Å². The summed E-state index contributed by atoms with van der Waals surface area (Å²) in [5, 5.41) is 15.0. The van der Waals surface area contributed by atoms with Crippen LogP contribution in [-0.2, 0) is 11.3 Å². The van der Waals surface area contributed by atoms with Crippen molar-refractivity contribution in [2.75, 3.05) is 17.7 Å². The quantitative estimate of drug-likeness (QED) is 0.346. The average molecular weight is 405 g/mol. The Morgan fingerprint density at radius 1 is 1.20 bits per heavy atom. The topological polar surface area (TPSA) is 134 Å². The number of fused-ring (bicyclic) bond motifs is 1. The third-order valence-corrected chi connectivity index (χ3v) is 4.42. The van der Waals surface area contributed by atoms with Crippen molar-refractivity contribution in [3.8, 4) is 11.5 Å². The van der Waals surface area contributed by atoms with E-state index in [4.69, 9.17) is 4.74 Å². The van der Waals surface area contributed by atoms with Crippen molar-refractivity contribution in [1.82, 2.24) is 19.5 Å². The number of imidazole rings is 1. The second-order valence-electron chi connectivity index (χ2n) is 6.32. The fourth-order valence-corrected chi connectivity index (χ4v) is 3.09. The Kier molecular flexibility index (Phi) is 5.04. The number of ether oxygens (including phenoxy) is 1. The second-order valence-corrected chi connectivity index (χ2v) is 6.32. The highest BCUT2D eigenvalue weighted by Crippen LogP contribution is 2.25. The molecule has 0 unspecified atom stereocenters. The number of para-hydroxylation sites is 1. The van der Waals surface area contributed by atoms with Crippen molar-refractivity contribution in [3.05, 3.63) is 64.6 Å². The number of aromatic hydroxyl groups is 1. The summed E-state index contributed by atoms with van der Waals surface area (Å²) in [6.07, 6.45) is 1.56.